The van der Waals surface area contributed by atoms with Crippen LogP contribution in [0.3, 0.4) is 0 Å². The summed E-state index contributed by atoms with van der Waals surface area (Å²) in [4.78, 5) is 13.9. The van der Waals surface area contributed by atoms with Crippen LogP contribution >= 0.6 is 11.3 Å². The summed E-state index contributed by atoms with van der Waals surface area (Å²) >= 11 is 1.38. The van der Waals surface area contributed by atoms with E-state index < -0.39 is 0 Å². The molecule has 0 aliphatic carbocycles. The van der Waals surface area contributed by atoms with E-state index in [1.165, 1.54) is 23.5 Å². The van der Waals surface area contributed by atoms with Gasteiger partial charge in [-0.3, -0.25) is 9.20 Å². The third-order valence-corrected chi connectivity index (χ3v) is 5.11. The summed E-state index contributed by atoms with van der Waals surface area (Å²) in [6.07, 6.45) is 2.49. The lowest BCUT2D eigenvalue weighted by molar-refractivity contribution is 0.0958. The van der Waals surface area contributed by atoms with E-state index in [0.717, 1.165) is 21.9 Å². The molecule has 26 heavy (non-hydrogen) atoms. The van der Waals surface area contributed by atoms with Crippen LogP contribution in [0.15, 0.2) is 60.8 Å². The molecule has 7 heteroatoms. The summed E-state index contributed by atoms with van der Waals surface area (Å²) < 4.78 is 14.9. The van der Waals surface area contributed by atoms with Crippen molar-refractivity contribution >= 4 is 22.9 Å². The van der Waals surface area contributed by atoms with E-state index in [2.05, 4.69) is 15.5 Å². The normalized spacial score (nSPS) is 11.0. The van der Waals surface area contributed by atoms with E-state index in [1.807, 2.05) is 34.9 Å². The van der Waals surface area contributed by atoms with Crippen LogP contribution in [0.1, 0.15) is 15.5 Å². The van der Waals surface area contributed by atoms with Gasteiger partial charge in [0.15, 0.2) is 5.65 Å². The van der Waals surface area contributed by atoms with E-state index in [0.29, 0.717) is 17.8 Å². The topological polar surface area (TPSA) is 59.3 Å². The van der Waals surface area contributed by atoms with E-state index in [1.54, 1.807) is 18.2 Å². The molecule has 4 rings (SSSR count). The zero-order valence-electron chi connectivity index (χ0n) is 13.7. The fourth-order valence-electron chi connectivity index (χ4n) is 2.67. The van der Waals surface area contributed by atoms with Crippen LogP contribution in [-0.4, -0.2) is 27.0 Å². The summed E-state index contributed by atoms with van der Waals surface area (Å²) in [6.45, 7) is 0.471. The highest BCUT2D eigenvalue weighted by Crippen LogP contribution is 2.28. The van der Waals surface area contributed by atoms with Crippen molar-refractivity contribution in [2.45, 2.75) is 6.42 Å². The third-order valence-electron chi connectivity index (χ3n) is 3.98. The highest BCUT2D eigenvalue weighted by molar-refractivity contribution is 7.17. The first-order chi connectivity index (χ1) is 12.7. The second kappa shape index (κ2) is 7.05. The van der Waals surface area contributed by atoms with Crippen LogP contribution in [0.5, 0.6) is 0 Å². The molecule has 0 saturated heterocycles. The number of thiophene rings is 1. The zero-order valence-corrected chi connectivity index (χ0v) is 14.5. The van der Waals surface area contributed by atoms with Crippen molar-refractivity contribution in [3.63, 3.8) is 0 Å². The Morgan fingerprint density at radius 1 is 1.08 bits per heavy atom. The van der Waals surface area contributed by atoms with Crippen molar-refractivity contribution in [1.82, 2.24) is 19.9 Å². The van der Waals surface area contributed by atoms with Gasteiger partial charge in [-0.05, 0) is 42.0 Å². The molecule has 1 aromatic carbocycles. The number of carbonyl (C=O) groups excluding carboxylic acids is 1. The highest BCUT2D eigenvalue weighted by atomic mass is 32.1. The first-order valence-corrected chi connectivity index (χ1v) is 8.95. The predicted octanol–water partition coefficient (Wildman–Crippen LogP) is 3.57. The largest absolute Gasteiger partial charge is 0.351 e. The van der Waals surface area contributed by atoms with Crippen LogP contribution in [0.25, 0.3) is 16.1 Å². The molecule has 0 radical (unpaired) electrons. The van der Waals surface area contributed by atoms with Gasteiger partial charge in [-0.1, -0.05) is 18.2 Å². The number of nitrogens with zero attached hydrogens (tertiary/aromatic N) is 3. The number of rotatable bonds is 5. The molecule has 130 valence electrons. The van der Waals surface area contributed by atoms with Gasteiger partial charge >= 0.3 is 0 Å². The van der Waals surface area contributed by atoms with Gasteiger partial charge in [0.2, 0.25) is 0 Å². The van der Waals surface area contributed by atoms with Gasteiger partial charge in [-0.2, -0.15) is 0 Å². The lowest BCUT2D eigenvalue weighted by atomic mass is 10.2. The minimum absolute atomic E-state index is 0.128. The van der Waals surface area contributed by atoms with Crippen LogP contribution in [0, 0.1) is 5.82 Å². The van der Waals surface area contributed by atoms with Gasteiger partial charge in [0.25, 0.3) is 5.91 Å². The monoisotopic (exact) mass is 366 g/mol. The molecular weight excluding hydrogens is 351 g/mol. The minimum atomic E-state index is -0.274. The number of fused-ring (bicyclic) bond motifs is 1. The quantitative estimate of drug-likeness (QED) is 0.587. The molecule has 0 unspecified atom stereocenters. The Morgan fingerprint density at radius 3 is 2.77 bits per heavy atom. The van der Waals surface area contributed by atoms with E-state index in [9.17, 15) is 9.18 Å². The Hall–Kier alpha value is -3.06. The number of hydrogen-bond acceptors (Lipinski definition) is 4. The lowest BCUT2D eigenvalue weighted by Gasteiger charge is -2.03. The van der Waals surface area contributed by atoms with Gasteiger partial charge in [0.05, 0.1) is 4.88 Å². The maximum absolute atomic E-state index is 13.0. The number of amides is 1. The zero-order chi connectivity index (χ0) is 17.9. The van der Waals surface area contributed by atoms with Crippen molar-refractivity contribution in [2.75, 3.05) is 6.54 Å². The second-order valence-corrected chi connectivity index (χ2v) is 6.81. The molecule has 0 fully saturated rings. The van der Waals surface area contributed by atoms with E-state index in [-0.39, 0.29) is 11.7 Å². The molecule has 5 nitrogen and oxygen atoms in total. The molecule has 0 atom stereocenters. The molecule has 0 spiro atoms. The minimum Gasteiger partial charge on any atom is -0.351 e. The molecule has 0 aliphatic rings. The van der Waals surface area contributed by atoms with Gasteiger partial charge in [-0.25, -0.2) is 4.39 Å². The molecule has 0 aliphatic heterocycles. The second-order valence-electron chi connectivity index (χ2n) is 5.72. The average molecular weight is 366 g/mol. The van der Waals surface area contributed by atoms with Crippen molar-refractivity contribution in [1.29, 1.82) is 0 Å². The molecule has 1 N–H and O–H groups in total. The average Bonchev–Trinajstić information content (AvgIpc) is 3.30. The van der Waals surface area contributed by atoms with Gasteiger partial charge in [-0.15, -0.1) is 21.5 Å². The van der Waals surface area contributed by atoms with E-state index >= 15 is 0 Å². The van der Waals surface area contributed by atoms with Gasteiger partial charge in [0.1, 0.15) is 11.6 Å². The Labute approximate surface area is 153 Å². The maximum atomic E-state index is 13.0. The van der Waals surface area contributed by atoms with Crippen molar-refractivity contribution in [2.24, 2.45) is 0 Å². The summed E-state index contributed by atoms with van der Waals surface area (Å²) in [6, 6.07) is 15.6. The fourth-order valence-corrected chi connectivity index (χ4v) is 3.59. The molecule has 0 bridgehead atoms. The first kappa shape index (κ1) is 16.4. The number of benzene rings is 1. The van der Waals surface area contributed by atoms with Crippen LogP contribution < -0.4 is 5.32 Å². The van der Waals surface area contributed by atoms with Gasteiger partial charge in [0, 0.05) is 24.0 Å². The summed E-state index contributed by atoms with van der Waals surface area (Å²) in [5.41, 5.74) is 1.68. The summed E-state index contributed by atoms with van der Waals surface area (Å²) in [5.74, 6) is 0.403. The van der Waals surface area contributed by atoms with Crippen LogP contribution in [0.2, 0.25) is 0 Å². The molecule has 1 amide bonds. The molecular formula is C19H15FN4OS. The van der Waals surface area contributed by atoms with Crippen molar-refractivity contribution in [3.05, 3.63) is 77.3 Å². The Morgan fingerprint density at radius 2 is 1.92 bits per heavy atom. The summed E-state index contributed by atoms with van der Waals surface area (Å²) in [7, 11) is 0. The van der Waals surface area contributed by atoms with Crippen molar-refractivity contribution < 1.29 is 9.18 Å². The lowest BCUT2D eigenvalue weighted by Crippen LogP contribution is -2.25. The molecule has 0 saturated carbocycles. The first-order valence-electron chi connectivity index (χ1n) is 8.13. The maximum Gasteiger partial charge on any atom is 0.261 e. The SMILES string of the molecule is O=C(NCCc1nnc2ccccn12)c1ccc(-c2ccc(F)cc2)s1. The number of nitrogens with one attached hydrogen (secondary N) is 1. The molecule has 4 aromatic rings. The van der Waals surface area contributed by atoms with Crippen molar-refractivity contribution in [3.8, 4) is 10.4 Å². The van der Waals surface area contributed by atoms with Crippen LogP contribution in [0.4, 0.5) is 4.39 Å². The number of pyridine rings is 1. The third kappa shape index (κ3) is 3.34. The smallest absolute Gasteiger partial charge is 0.261 e. The summed E-state index contributed by atoms with van der Waals surface area (Å²) in [5, 5.41) is 11.1. The standard InChI is InChI=1S/C19H15FN4OS/c20-14-6-4-13(5-7-14)15-8-9-16(26-15)19(25)21-11-10-18-23-22-17-3-1-2-12-24(17)18/h1-9,12H,10-11H2,(H,21,25). The Kier molecular flexibility index (Phi) is 4.45. The Balaban J connectivity index is 1.39. The number of aromatic nitrogens is 3. The Bertz CT molecular complexity index is 1050. The number of hydrogen-bond donors (Lipinski definition) is 1. The van der Waals surface area contributed by atoms with E-state index in [4.69, 9.17) is 0 Å². The highest BCUT2D eigenvalue weighted by Gasteiger charge is 2.11. The predicted molar refractivity (Wildman–Crippen MR) is 98.7 cm³/mol. The fraction of sp³-hybridized carbons (Fsp3) is 0.105. The number of halogens is 1. The molecule has 3 heterocycles. The molecule has 3 aromatic heterocycles. The van der Waals surface area contributed by atoms with Gasteiger partial charge < -0.3 is 5.32 Å². The number of carbonyl (C=O) groups is 1. The van der Waals surface area contributed by atoms with Crippen LogP contribution in [-0.2, 0) is 6.42 Å².